The van der Waals surface area contributed by atoms with E-state index in [9.17, 15) is 4.79 Å². The van der Waals surface area contributed by atoms with Crippen LogP contribution in [0.3, 0.4) is 0 Å². The summed E-state index contributed by atoms with van der Waals surface area (Å²) in [5.74, 6) is 0.169. The zero-order valence-corrected chi connectivity index (χ0v) is 11.7. The van der Waals surface area contributed by atoms with Gasteiger partial charge in [-0.05, 0) is 26.7 Å². The quantitative estimate of drug-likeness (QED) is 0.572. The van der Waals surface area contributed by atoms with E-state index < -0.39 is 5.97 Å². The molecule has 0 spiro atoms. The molecule has 19 heavy (non-hydrogen) atoms. The SMILES string of the molecule is COC(=O)c1cnc(NCCCCOC(C)C)cn1. The van der Waals surface area contributed by atoms with E-state index in [-0.39, 0.29) is 11.8 Å². The van der Waals surface area contributed by atoms with Crippen molar-refractivity contribution in [3.05, 3.63) is 18.1 Å². The van der Waals surface area contributed by atoms with Gasteiger partial charge in [0, 0.05) is 13.2 Å². The molecule has 0 amide bonds. The zero-order valence-electron chi connectivity index (χ0n) is 11.7. The van der Waals surface area contributed by atoms with Crippen molar-refractivity contribution >= 4 is 11.8 Å². The van der Waals surface area contributed by atoms with Crippen molar-refractivity contribution in [1.29, 1.82) is 0 Å². The second-order valence-corrected chi connectivity index (χ2v) is 4.33. The van der Waals surface area contributed by atoms with E-state index in [1.165, 1.54) is 19.5 Å². The second kappa shape index (κ2) is 8.42. The molecular weight excluding hydrogens is 246 g/mol. The van der Waals surface area contributed by atoms with Gasteiger partial charge in [0.25, 0.3) is 0 Å². The molecule has 0 radical (unpaired) electrons. The molecular formula is C13H21N3O3. The van der Waals surface area contributed by atoms with Gasteiger partial charge in [-0.3, -0.25) is 0 Å². The number of methoxy groups -OCH3 is 1. The van der Waals surface area contributed by atoms with Crippen LogP contribution in [0, 0.1) is 0 Å². The fourth-order valence-electron chi connectivity index (χ4n) is 1.39. The molecule has 0 atom stereocenters. The standard InChI is InChI=1S/C13H21N3O3/c1-10(2)19-7-5-4-6-14-12-9-15-11(8-16-12)13(17)18-3/h8-10H,4-7H2,1-3H3,(H,14,16). The van der Waals surface area contributed by atoms with Crippen LogP contribution in [-0.4, -0.2) is 42.3 Å². The maximum absolute atomic E-state index is 11.2. The van der Waals surface area contributed by atoms with Gasteiger partial charge in [-0.1, -0.05) is 0 Å². The molecule has 0 unspecified atom stereocenters. The van der Waals surface area contributed by atoms with Crippen LogP contribution in [0.25, 0.3) is 0 Å². The molecule has 0 aliphatic heterocycles. The summed E-state index contributed by atoms with van der Waals surface area (Å²) in [4.78, 5) is 19.2. The predicted octanol–water partition coefficient (Wildman–Crippen LogP) is 1.88. The van der Waals surface area contributed by atoms with Gasteiger partial charge in [0.2, 0.25) is 0 Å². The molecule has 1 aromatic rings. The smallest absolute Gasteiger partial charge is 0.358 e. The highest BCUT2D eigenvalue weighted by Gasteiger charge is 2.06. The van der Waals surface area contributed by atoms with Crippen LogP contribution < -0.4 is 5.32 Å². The number of hydrogen-bond donors (Lipinski definition) is 1. The molecule has 1 heterocycles. The molecule has 1 aromatic heterocycles. The molecule has 0 aliphatic rings. The number of nitrogens with zero attached hydrogens (tertiary/aromatic N) is 2. The average Bonchev–Trinajstić information content (AvgIpc) is 2.42. The lowest BCUT2D eigenvalue weighted by atomic mass is 10.3. The first kappa shape index (κ1) is 15.4. The van der Waals surface area contributed by atoms with Crippen LogP contribution >= 0.6 is 0 Å². The molecule has 0 aliphatic carbocycles. The molecule has 6 heteroatoms. The van der Waals surface area contributed by atoms with Crippen LogP contribution in [0.15, 0.2) is 12.4 Å². The molecule has 1 rings (SSSR count). The van der Waals surface area contributed by atoms with Crippen molar-refractivity contribution in [1.82, 2.24) is 9.97 Å². The van der Waals surface area contributed by atoms with Crippen molar-refractivity contribution in [2.45, 2.75) is 32.8 Å². The van der Waals surface area contributed by atoms with Gasteiger partial charge in [0.05, 0.1) is 25.6 Å². The summed E-state index contributed by atoms with van der Waals surface area (Å²) < 4.78 is 9.99. The normalized spacial score (nSPS) is 10.5. The molecule has 0 aromatic carbocycles. The Hall–Kier alpha value is -1.69. The van der Waals surface area contributed by atoms with Crippen LogP contribution in [0.1, 0.15) is 37.2 Å². The number of ether oxygens (including phenoxy) is 2. The van der Waals surface area contributed by atoms with Gasteiger partial charge in [-0.2, -0.15) is 0 Å². The Balaban J connectivity index is 2.21. The third-order valence-electron chi connectivity index (χ3n) is 2.37. The third-order valence-corrected chi connectivity index (χ3v) is 2.37. The highest BCUT2D eigenvalue weighted by atomic mass is 16.5. The Kier molecular flexibility index (Phi) is 6.81. The van der Waals surface area contributed by atoms with Gasteiger partial charge in [-0.15, -0.1) is 0 Å². The Labute approximate surface area is 113 Å². The van der Waals surface area contributed by atoms with Crippen molar-refractivity contribution in [2.75, 3.05) is 25.6 Å². The summed E-state index contributed by atoms with van der Waals surface area (Å²) in [5, 5.41) is 3.14. The summed E-state index contributed by atoms with van der Waals surface area (Å²) in [6.07, 6.45) is 5.20. The molecule has 0 bridgehead atoms. The van der Waals surface area contributed by atoms with Crippen LogP contribution in [-0.2, 0) is 9.47 Å². The summed E-state index contributed by atoms with van der Waals surface area (Å²) in [6.45, 7) is 5.62. The summed E-state index contributed by atoms with van der Waals surface area (Å²) >= 11 is 0. The van der Waals surface area contributed by atoms with Gasteiger partial charge in [-0.25, -0.2) is 14.8 Å². The number of carbonyl (C=O) groups is 1. The highest BCUT2D eigenvalue weighted by Crippen LogP contribution is 2.03. The molecule has 106 valence electrons. The minimum absolute atomic E-state index is 0.207. The predicted molar refractivity (Wildman–Crippen MR) is 72.2 cm³/mol. The molecule has 1 N–H and O–H groups in total. The summed E-state index contributed by atoms with van der Waals surface area (Å²) in [6, 6.07) is 0. The first-order chi connectivity index (χ1) is 9.13. The lowest BCUT2D eigenvalue weighted by molar-refractivity contribution is 0.0593. The third kappa shape index (κ3) is 6.15. The van der Waals surface area contributed by atoms with E-state index >= 15 is 0 Å². The largest absolute Gasteiger partial charge is 0.464 e. The van der Waals surface area contributed by atoms with E-state index in [0.29, 0.717) is 5.82 Å². The van der Waals surface area contributed by atoms with Crippen molar-refractivity contribution in [3.8, 4) is 0 Å². The van der Waals surface area contributed by atoms with Crippen molar-refractivity contribution < 1.29 is 14.3 Å². The van der Waals surface area contributed by atoms with E-state index in [1.807, 2.05) is 13.8 Å². The average molecular weight is 267 g/mol. The second-order valence-electron chi connectivity index (χ2n) is 4.33. The number of nitrogens with one attached hydrogen (secondary N) is 1. The van der Waals surface area contributed by atoms with Crippen LogP contribution in [0.2, 0.25) is 0 Å². The lowest BCUT2D eigenvalue weighted by Gasteiger charge is -2.08. The minimum Gasteiger partial charge on any atom is -0.464 e. The maximum Gasteiger partial charge on any atom is 0.358 e. The fraction of sp³-hybridized carbons (Fsp3) is 0.615. The maximum atomic E-state index is 11.2. The number of rotatable bonds is 8. The zero-order chi connectivity index (χ0) is 14.1. The monoisotopic (exact) mass is 267 g/mol. The lowest BCUT2D eigenvalue weighted by Crippen LogP contribution is -2.09. The van der Waals surface area contributed by atoms with Crippen molar-refractivity contribution in [3.63, 3.8) is 0 Å². The number of esters is 1. The first-order valence-corrected chi connectivity index (χ1v) is 6.39. The summed E-state index contributed by atoms with van der Waals surface area (Å²) in [7, 11) is 1.31. The summed E-state index contributed by atoms with van der Waals surface area (Å²) in [5.41, 5.74) is 0.207. The highest BCUT2D eigenvalue weighted by molar-refractivity contribution is 5.86. The topological polar surface area (TPSA) is 73.3 Å². The number of anilines is 1. The molecule has 0 fully saturated rings. The Morgan fingerprint density at radius 1 is 1.32 bits per heavy atom. The van der Waals surface area contributed by atoms with Gasteiger partial charge in [0.1, 0.15) is 5.82 Å². The molecule has 0 saturated carbocycles. The van der Waals surface area contributed by atoms with Crippen LogP contribution in [0.5, 0.6) is 0 Å². The first-order valence-electron chi connectivity index (χ1n) is 6.39. The van der Waals surface area contributed by atoms with Crippen molar-refractivity contribution in [2.24, 2.45) is 0 Å². The van der Waals surface area contributed by atoms with E-state index in [1.54, 1.807) is 0 Å². The van der Waals surface area contributed by atoms with Gasteiger partial charge >= 0.3 is 5.97 Å². The Bertz CT molecular complexity index is 379. The van der Waals surface area contributed by atoms with Gasteiger partial charge < -0.3 is 14.8 Å². The molecule has 6 nitrogen and oxygen atoms in total. The van der Waals surface area contributed by atoms with E-state index in [4.69, 9.17) is 4.74 Å². The number of hydrogen-bond acceptors (Lipinski definition) is 6. The fourth-order valence-corrected chi connectivity index (χ4v) is 1.39. The number of unbranched alkanes of at least 4 members (excludes halogenated alkanes) is 1. The van der Waals surface area contributed by atoms with E-state index in [2.05, 4.69) is 20.0 Å². The van der Waals surface area contributed by atoms with E-state index in [0.717, 1.165) is 26.0 Å². The van der Waals surface area contributed by atoms with Gasteiger partial charge in [0.15, 0.2) is 5.69 Å². The van der Waals surface area contributed by atoms with Crippen LogP contribution in [0.4, 0.5) is 5.82 Å². The molecule has 0 saturated heterocycles. The number of aromatic nitrogens is 2. The Morgan fingerprint density at radius 2 is 2.11 bits per heavy atom. The number of carbonyl (C=O) groups excluding carboxylic acids is 1. The Morgan fingerprint density at radius 3 is 2.68 bits per heavy atom. The minimum atomic E-state index is -0.482.